The Morgan fingerprint density at radius 2 is 1.85 bits per heavy atom. The molecule has 4 nitrogen and oxygen atoms in total. The van der Waals surface area contributed by atoms with E-state index < -0.39 is 11.6 Å². The van der Waals surface area contributed by atoms with Crippen molar-refractivity contribution in [2.24, 2.45) is 0 Å². The Labute approximate surface area is 154 Å². The maximum Gasteiger partial charge on any atom is 0.237 e. The van der Waals surface area contributed by atoms with Crippen LogP contribution in [0.15, 0.2) is 18.2 Å². The zero-order chi connectivity index (χ0) is 18.5. The number of piperidine rings is 1. The van der Waals surface area contributed by atoms with Crippen LogP contribution in [0.3, 0.4) is 0 Å². The van der Waals surface area contributed by atoms with E-state index in [0.29, 0.717) is 6.54 Å². The third-order valence-corrected chi connectivity index (χ3v) is 5.65. The zero-order valence-corrected chi connectivity index (χ0v) is 15.5. The highest BCUT2D eigenvalue weighted by molar-refractivity contribution is 5.82. The molecular formula is C20H29F2N3O. The molecule has 0 radical (unpaired) electrons. The van der Waals surface area contributed by atoms with Crippen LogP contribution in [0, 0.1) is 11.6 Å². The van der Waals surface area contributed by atoms with E-state index in [1.165, 1.54) is 25.0 Å². The van der Waals surface area contributed by atoms with Crippen LogP contribution in [0.25, 0.3) is 0 Å². The Morgan fingerprint density at radius 3 is 2.58 bits per heavy atom. The standard InChI is InChI=1S/C20H29F2N3O/c1-24-10-4-2-3-5-19(24)20(26)23-16-8-11-25(12-9-16)14-15-6-7-17(21)18(22)13-15/h6-7,13,16,19H,2-5,8-12,14H2,1H3,(H,23,26)/t19-/m1/s1. The Balaban J connectivity index is 1.45. The largest absolute Gasteiger partial charge is 0.352 e. The molecule has 2 aliphatic rings. The number of nitrogens with zero attached hydrogens (tertiary/aromatic N) is 2. The summed E-state index contributed by atoms with van der Waals surface area (Å²) in [5.74, 6) is -1.44. The molecule has 0 saturated carbocycles. The van der Waals surface area contributed by atoms with Crippen LogP contribution in [-0.4, -0.2) is 54.5 Å². The van der Waals surface area contributed by atoms with Gasteiger partial charge in [-0.3, -0.25) is 14.6 Å². The topological polar surface area (TPSA) is 35.6 Å². The van der Waals surface area contributed by atoms with Gasteiger partial charge in [-0.15, -0.1) is 0 Å². The lowest BCUT2D eigenvalue weighted by molar-refractivity contribution is -0.127. The minimum atomic E-state index is -0.807. The second-order valence-corrected chi connectivity index (χ2v) is 7.65. The van der Waals surface area contributed by atoms with Crippen molar-refractivity contribution in [3.8, 4) is 0 Å². The van der Waals surface area contributed by atoms with E-state index in [1.807, 2.05) is 7.05 Å². The molecular weight excluding hydrogens is 336 g/mol. The number of carbonyl (C=O) groups is 1. The summed E-state index contributed by atoms with van der Waals surface area (Å²) in [6.07, 6.45) is 6.23. The predicted octanol–water partition coefficient (Wildman–Crippen LogP) is 2.92. The van der Waals surface area contributed by atoms with Crippen LogP contribution in [0.4, 0.5) is 8.78 Å². The second kappa shape index (κ2) is 8.91. The van der Waals surface area contributed by atoms with Crippen LogP contribution in [0.1, 0.15) is 44.1 Å². The number of hydrogen-bond acceptors (Lipinski definition) is 3. The van der Waals surface area contributed by atoms with Crippen LogP contribution in [-0.2, 0) is 11.3 Å². The van der Waals surface area contributed by atoms with Crippen molar-refractivity contribution >= 4 is 5.91 Å². The summed E-state index contributed by atoms with van der Waals surface area (Å²) in [4.78, 5) is 17.0. The molecule has 6 heteroatoms. The molecule has 1 aromatic rings. The molecule has 144 valence electrons. The minimum absolute atomic E-state index is 0.00211. The van der Waals surface area contributed by atoms with E-state index in [9.17, 15) is 13.6 Å². The molecule has 26 heavy (non-hydrogen) atoms. The maximum absolute atomic E-state index is 13.3. The molecule has 1 N–H and O–H groups in total. The molecule has 0 bridgehead atoms. The molecule has 2 aliphatic heterocycles. The van der Waals surface area contributed by atoms with Crippen molar-refractivity contribution in [3.05, 3.63) is 35.4 Å². The summed E-state index contributed by atoms with van der Waals surface area (Å²) in [7, 11) is 2.04. The lowest BCUT2D eigenvalue weighted by Crippen LogP contribution is -2.51. The van der Waals surface area contributed by atoms with Gasteiger partial charge in [0.1, 0.15) is 0 Å². The van der Waals surface area contributed by atoms with E-state index in [1.54, 1.807) is 6.07 Å². The number of benzene rings is 1. The molecule has 2 fully saturated rings. The van der Waals surface area contributed by atoms with E-state index >= 15 is 0 Å². The lowest BCUT2D eigenvalue weighted by Gasteiger charge is -2.34. The van der Waals surface area contributed by atoms with Crippen LogP contribution >= 0.6 is 0 Å². The summed E-state index contributed by atoms with van der Waals surface area (Å²) in [6.45, 7) is 3.31. The van der Waals surface area contributed by atoms with Gasteiger partial charge < -0.3 is 5.32 Å². The summed E-state index contributed by atoms with van der Waals surface area (Å²) in [6, 6.07) is 4.29. The zero-order valence-electron chi connectivity index (χ0n) is 15.5. The second-order valence-electron chi connectivity index (χ2n) is 7.65. The number of amides is 1. The van der Waals surface area contributed by atoms with E-state index in [2.05, 4.69) is 15.1 Å². The average molecular weight is 365 g/mol. The molecule has 0 unspecified atom stereocenters. The fourth-order valence-electron chi connectivity index (χ4n) is 4.01. The lowest BCUT2D eigenvalue weighted by atomic mass is 10.0. The van der Waals surface area contributed by atoms with Crippen LogP contribution in [0.2, 0.25) is 0 Å². The van der Waals surface area contributed by atoms with Gasteiger partial charge in [-0.25, -0.2) is 8.78 Å². The Hall–Kier alpha value is -1.53. The molecule has 2 saturated heterocycles. The third kappa shape index (κ3) is 5.01. The first kappa shape index (κ1) is 19.2. The van der Waals surface area contributed by atoms with Gasteiger partial charge in [0.25, 0.3) is 0 Å². The van der Waals surface area contributed by atoms with Crippen LogP contribution in [0.5, 0.6) is 0 Å². The first-order valence-corrected chi connectivity index (χ1v) is 9.70. The smallest absolute Gasteiger partial charge is 0.237 e. The number of likely N-dealkylation sites (tertiary alicyclic amines) is 2. The predicted molar refractivity (Wildman–Crippen MR) is 97.7 cm³/mol. The maximum atomic E-state index is 13.3. The number of carbonyl (C=O) groups excluding carboxylic acids is 1. The summed E-state index contributed by atoms with van der Waals surface area (Å²) in [5, 5.41) is 3.23. The number of likely N-dealkylation sites (N-methyl/N-ethyl adjacent to an activating group) is 1. The monoisotopic (exact) mass is 365 g/mol. The number of hydrogen-bond donors (Lipinski definition) is 1. The van der Waals surface area contributed by atoms with E-state index in [-0.39, 0.29) is 18.0 Å². The van der Waals surface area contributed by atoms with Gasteiger partial charge in [-0.05, 0) is 57.0 Å². The minimum Gasteiger partial charge on any atom is -0.352 e. The Morgan fingerprint density at radius 1 is 1.08 bits per heavy atom. The highest BCUT2D eigenvalue weighted by Crippen LogP contribution is 2.18. The van der Waals surface area contributed by atoms with E-state index in [0.717, 1.165) is 50.9 Å². The normalized spacial score (nSPS) is 23.6. The highest BCUT2D eigenvalue weighted by atomic mass is 19.2. The number of rotatable bonds is 4. The SMILES string of the molecule is CN1CCCCC[C@@H]1C(=O)NC1CCN(Cc2ccc(F)c(F)c2)CC1. The van der Waals surface area contributed by atoms with Gasteiger partial charge in [-0.1, -0.05) is 18.9 Å². The molecule has 0 spiro atoms. The summed E-state index contributed by atoms with van der Waals surface area (Å²) < 4.78 is 26.4. The average Bonchev–Trinajstić information content (AvgIpc) is 2.84. The Bertz CT molecular complexity index is 617. The number of nitrogens with one attached hydrogen (secondary N) is 1. The molecule has 1 aromatic carbocycles. The quantitative estimate of drug-likeness (QED) is 0.891. The molecule has 2 heterocycles. The van der Waals surface area contributed by atoms with Crippen molar-refractivity contribution in [2.75, 3.05) is 26.7 Å². The first-order valence-electron chi connectivity index (χ1n) is 9.70. The van der Waals surface area contributed by atoms with Gasteiger partial charge in [0.05, 0.1) is 6.04 Å². The molecule has 3 rings (SSSR count). The van der Waals surface area contributed by atoms with Crippen molar-refractivity contribution in [3.63, 3.8) is 0 Å². The van der Waals surface area contributed by atoms with Crippen molar-refractivity contribution < 1.29 is 13.6 Å². The van der Waals surface area contributed by atoms with Gasteiger partial charge >= 0.3 is 0 Å². The van der Waals surface area contributed by atoms with Crippen LogP contribution < -0.4 is 5.32 Å². The van der Waals surface area contributed by atoms with Gasteiger partial charge in [0, 0.05) is 25.7 Å². The van der Waals surface area contributed by atoms with Gasteiger partial charge in [0.15, 0.2) is 11.6 Å². The van der Waals surface area contributed by atoms with Gasteiger partial charge in [0.2, 0.25) is 5.91 Å². The molecule has 1 amide bonds. The van der Waals surface area contributed by atoms with Crippen molar-refractivity contribution in [2.45, 2.75) is 57.2 Å². The molecule has 0 aliphatic carbocycles. The van der Waals surface area contributed by atoms with Gasteiger partial charge in [-0.2, -0.15) is 0 Å². The molecule has 1 atom stereocenters. The molecule has 0 aromatic heterocycles. The number of halogens is 2. The van der Waals surface area contributed by atoms with E-state index in [4.69, 9.17) is 0 Å². The fourth-order valence-corrected chi connectivity index (χ4v) is 4.01. The third-order valence-electron chi connectivity index (χ3n) is 5.65. The summed E-state index contributed by atoms with van der Waals surface area (Å²) in [5.41, 5.74) is 0.784. The highest BCUT2D eigenvalue weighted by Gasteiger charge is 2.28. The first-order chi connectivity index (χ1) is 12.5. The fraction of sp³-hybridized carbons (Fsp3) is 0.650. The van der Waals surface area contributed by atoms with Crippen molar-refractivity contribution in [1.29, 1.82) is 0 Å². The summed E-state index contributed by atoms with van der Waals surface area (Å²) >= 11 is 0. The Kier molecular flexibility index (Phi) is 6.59. The van der Waals surface area contributed by atoms with Crippen molar-refractivity contribution in [1.82, 2.24) is 15.1 Å².